The van der Waals surface area contributed by atoms with E-state index >= 15 is 0 Å². The van der Waals surface area contributed by atoms with Crippen molar-refractivity contribution in [3.8, 4) is 10.6 Å². The van der Waals surface area contributed by atoms with Crippen LogP contribution >= 0.6 is 22.7 Å². The Balaban J connectivity index is 1.68. The summed E-state index contributed by atoms with van der Waals surface area (Å²) in [6.45, 7) is 0.127. The Labute approximate surface area is 189 Å². The number of hydrogen-bond donors (Lipinski definition) is 0. The van der Waals surface area contributed by atoms with Crippen LogP contribution in [0.3, 0.4) is 0 Å². The van der Waals surface area contributed by atoms with Crippen LogP contribution in [0.4, 0.5) is 28.4 Å². The molecular formula is C19H11F4N5O3S2. The van der Waals surface area contributed by atoms with Gasteiger partial charge in [-0.3, -0.25) is 14.9 Å². The van der Waals surface area contributed by atoms with Crippen molar-refractivity contribution in [1.82, 2.24) is 15.2 Å². The van der Waals surface area contributed by atoms with E-state index in [4.69, 9.17) is 0 Å². The zero-order valence-electron chi connectivity index (χ0n) is 16.5. The fraction of sp³-hybridized carbons (Fsp3) is 0.158. The molecule has 0 aliphatic rings. The van der Waals surface area contributed by atoms with Crippen molar-refractivity contribution in [3.05, 3.63) is 73.3 Å². The van der Waals surface area contributed by atoms with Gasteiger partial charge < -0.3 is 4.90 Å². The van der Waals surface area contributed by atoms with Crippen LogP contribution in [0.15, 0.2) is 41.2 Å². The number of nitro groups is 1. The smallest absolute Gasteiger partial charge is 0.344 e. The molecule has 0 fully saturated rings. The standard InChI is InChI=1S/C19H11F4N5O3S2/c1-27(8-14-25-26-17(32-14)9-2-4-11(20)5-3-9)18-24-16(29)12-6-10(19(21,22)23)7-13(28(30)31)15(12)33-18/h2-7H,8H2,1H3. The van der Waals surface area contributed by atoms with Gasteiger partial charge in [-0.15, -0.1) is 10.2 Å². The highest BCUT2D eigenvalue weighted by molar-refractivity contribution is 7.22. The predicted molar refractivity (Wildman–Crippen MR) is 115 cm³/mol. The SMILES string of the molecule is CN(Cc1nnc(-c2ccc(F)cc2)s1)c1nc(=O)c2cc(C(F)(F)F)cc([N+](=O)[O-])c2s1. The van der Waals surface area contributed by atoms with Gasteiger partial charge in [0.1, 0.15) is 20.5 Å². The Kier molecular flexibility index (Phi) is 5.80. The molecule has 0 amide bonds. The van der Waals surface area contributed by atoms with Crippen LogP contribution in [0.25, 0.3) is 20.7 Å². The van der Waals surface area contributed by atoms with Crippen molar-refractivity contribution in [2.45, 2.75) is 12.7 Å². The average molecular weight is 497 g/mol. The molecule has 0 saturated carbocycles. The molecule has 0 saturated heterocycles. The number of anilines is 1. The van der Waals surface area contributed by atoms with Crippen LogP contribution < -0.4 is 10.5 Å². The average Bonchev–Trinajstić information content (AvgIpc) is 3.21. The van der Waals surface area contributed by atoms with Crippen LogP contribution in [-0.4, -0.2) is 27.2 Å². The fourth-order valence-electron chi connectivity index (χ4n) is 2.90. The molecule has 0 N–H and O–H groups in total. The lowest BCUT2D eigenvalue weighted by atomic mass is 10.1. The van der Waals surface area contributed by atoms with Crippen molar-refractivity contribution in [1.29, 1.82) is 0 Å². The number of alkyl halides is 3. The lowest BCUT2D eigenvalue weighted by Gasteiger charge is -2.15. The number of aromatic nitrogens is 3. The first-order valence-electron chi connectivity index (χ1n) is 9.03. The van der Waals surface area contributed by atoms with Crippen molar-refractivity contribution < 1.29 is 22.5 Å². The molecule has 8 nitrogen and oxygen atoms in total. The maximum atomic E-state index is 13.1. The highest BCUT2D eigenvalue weighted by Gasteiger charge is 2.34. The molecule has 0 aliphatic heterocycles. The summed E-state index contributed by atoms with van der Waals surface area (Å²) in [5.74, 6) is -0.392. The number of nitrogens with zero attached hydrogens (tertiary/aromatic N) is 5. The van der Waals surface area contributed by atoms with Gasteiger partial charge in [-0.05, 0) is 30.3 Å². The largest absolute Gasteiger partial charge is 0.416 e. The normalized spacial score (nSPS) is 11.7. The minimum absolute atomic E-state index is 0.0638. The topological polar surface area (TPSA) is 102 Å². The van der Waals surface area contributed by atoms with E-state index in [-0.39, 0.29) is 16.4 Å². The third-order valence-corrected chi connectivity index (χ3v) is 6.65. The zero-order valence-corrected chi connectivity index (χ0v) is 18.1. The highest BCUT2D eigenvalue weighted by atomic mass is 32.1. The number of hydrogen-bond acceptors (Lipinski definition) is 9. The molecule has 0 aliphatic carbocycles. The molecule has 0 unspecified atom stereocenters. The number of non-ortho nitro benzene ring substituents is 1. The number of fused-ring (bicyclic) bond motifs is 1. The summed E-state index contributed by atoms with van der Waals surface area (Å²) in [6.07, 6.45) is -4.86. The van der Waals surface area contributed by atoms with Crippen molar-refractivity contribution in [2.75, 3.05) is 11.9 Å². The van der Waals surface area contributed by atoms with Gasteiger partial charge in [0.15, 0.2) is 5.13 Å². The molecule has 0 spiro atoms. The fourth-order valence-corrected chi connectivity index (χ4v) is 4.82. The van der Waals surface area contributed by atoms with Crippen molar-refractivity contribution >= 4 is 43.6 Å². The van der Waals surface area contributed by atoms with Crippen molar-refractivity contribution in [2.24, 2.45) is 0 Å². The van der Waals surface area contributed by atoms with Crippen LogP contribution in [0.5, 0.6) is 0 Å². The first kappa shape index (κ1) is 22.7. The summed E-state index contributed by atoms with van der Waals surface area (Å²) in [5.41, 5.74) is -2.47. The van der Waals surface area contributed by atoms with Gasteiger partial charge in [0.25, 0.3) is 11.2 Å². The van der Waals surface area contributed by atoms with E-state index in [2.05, 4.69) is 15.2 Å². The first-order valence-corrected chi connectivity index (χ1v) is 10.7. The summed E-state index contributed by atoms with van der Waals surface area (Å²) < 4.78 is 52.2. The van der Waals surface area contributed by atoms with E-state index in [0.29, 0.717) is 27.7 Å². The van der Waals surface area contributed by atoms with Gasteiger partial charge in [0.05, 0.1) is 22.4 Å². The number of rotatable bonds is 5. The van der Waals surface area contributed by atoms with E-state index in [0.717, 1.165) is 11.3 Å². The molecule has 2 aromatic carbocycles. The number of benzene rings is 2. The van der Waals surface area contributed by atoms with Crippen LogP contribution in [0.2, 0.25) is 0 Å². The van der Waals surface area contributed by atoms with E-state index in [1.54, 1.807) is 19.2 Å². The van der Waals surface area contributed by atoms with E-state index in [1.807, 2.05) is 0 Å². The van der Waals surface area contributed by atoms with Gasteiger partial charge in [-0.2, -0.15) is 18.2 Å². The predicted octanol–water partition coefficient (Wildman–Crippen LogP) is 4.88. The molecule has 0 atom stereocenters. The Bertz CT molecular complexity index is 1420. The van der Waals surface area contributed by atoms with Crippen LogP contribution in [-0.2, 0) is 12.7 Å². The summed E-state index contributed by atoms with van der Waals surface area (Å²) in [4.78, 5) is 28.2. The Morgan fingerprint density at radius 2 is 1.82 bits per heavy atom. The molecule has 4 aromatic rings. The minimum atomic E-state index is -4.86. The highest BCUT2D eigenvalue weighted by Crippen LogP contribution is 2.38. The van der Waals surface area contributed by atoms with Crippen LogP contribution in [0, 0.1) is 15.9 Å². The molecule has 2 aromatic heterocycles. The molecule has 0 radical (unpaired) electrons. The summed E-state index contributed by atoms with van der Waals surface area (Å²) in [7, 11) is 1.55. The van der Waals surface area contributed by atoms with Gasteiger partial charge in [-0.25, -0.2) is 4.39 Å². The van der Waals surface area contributed by atoms with Gasteiger partial charge >= 0.3 is 6.18 Å². The van der Waals surface area contributed by atoms with E-state index < -0.39 is 39.1 Å². The first-order chi connectivity index (χ1) is 15.5. The summed E-state index contributed by atoms with van der Waals surface area (Å²) >= 11 is 1.94. The molecule has 2 heterocycles. The van der Waals surface area contributed by atoms with Crippen molar-refractivity contribution in [3.63, 3.8) is 0 Å². The number of nitro benzene ring substituents is 1. The maximum absolute atomic E-state index is 13.1. The van der Waals surface area contributed by atoms with E-state index in [9.17, 15) is 32.5 Å². The molecule has 0 bridgehead atoms. The second kappa shape index (κ2) is 8.44. The van der Waals surface area contributed by atoms with Crippen LogP contribution in [0.1, 0.15) is 10.6 Å². The summed E-state index contributed by atoms with van der Waals surface area (Å²) in [5, 5.41) is 20.1. The lowest BCUT2D eigenvalue weighted by Crippen LogP contribution is -2.20. The molecule has 170 valence electrons. The molecule has 4 rings (SSSR count). The minimum Gasteiger partial charge on any atom is -0.344 e. The third-order valence-electron chi connectivity index (χ3n) is 4.47. The second-order valence-electron chi connectivity index (χ2n) is 6.79. The van der Waals surface area contributed by atoms with E-state index in [1.165, 1.54) is 28.4 Å². The Morgan fingerprint density at radius 3 is 2.45 bits per heavy atom. The summed E-state index contributed by atoms with van der Waals surface area (Å²) in [6, 6.07) is 6.65. The van der Waals surface area contributed by atoms with Gasteiger partial charge in [0.2, 0.25) is 0 Å². The molecule has 14 heteroatoms. The maximum Gasteiger partial charge on any atom is 0.416 e. The zero-order chi connectivity index (χ0) is 23.9. The van der Waals surface area contributed by atoms with Gasteiger partial charge in [0, 0.05) is 18.7 Å². The Morgan fingerprint density at radius 1 is 1.12 bits per heavy atom. The Hall–Kier alpha value is -3.52. The molecular weight excluding hydrogens is 486 g/mol. The molecule has 33 heavy (non-hydrogen) atoms. The second-order valence-corrected chi connectivity index (χ2v) is 8.83. The lowest BCUT2D eigenvalue weighted by molar-refractivity contribution is -0.383. The quantitative estimate of drug-likeness (QED) is 0.220. The third kappa shape index (κ3) is 4.66. The number of halogens is 4. The van der Waals surface area contributed by atoms with Gasteiger partial charge in [-0.1, -0.05) is 22.7 Å². The monoisotopic (exact) mass is 497 g/mol.